The van der Waals surface area contributed by atoms with E-state index in [2.05, 4.69) is 9.97 Å². The molecule has 0 aromatic carbocycles. The first-order chi connectivity index (χ1) is 6.63. The Labute approximate surface area is 81.8 Å². The van der Waals surface area contributed by atoms with Crippen molar-refractivity contribution in [3.05, 3.63) is 18.1 Å². The third-order valence-corrected chi connectivity index (χ3v) is 1.74. The van der Waals surface area contributed by atoms with Crippen LogP contribution in [0.2, 0.25) is 0 Å². The Morgan fingerprint density at radius 2 is 2.29 bits per heavy atom. The minimum Gasteiger partial charge on any atom is -0.476 e. The van der Waals surface area contributed by atoms with Crippen LogP contribution >= 0.6 is 0 Å². The molecule has 0 spiro atoms. The normalized spacial score (nSPS) is 12.1. The highest BCUT2D eigenvalue weighted by molar-refractivity contribution is 5.84. The lowest BCUT2D eigenvalue weighted by atomic mass is 10.3. The molecule has 14 heavy (non-hydrogen) atoms. The molecule has 1 atom stereocenters. The fourth-order valence-electron chi connectivity index (χ4n) is 0.777. The quantitative estimate of drug-likeness (QED) is 0.786. The van der Waals surface area contributed by atoms with E-state index in [0.29, 0.717) is 5.88 Å². The summed E-state index contributed by atoms with van der Waals surface area (Å²) in [6, 6.07) is 0. The highest BCUT2D eigenvalue weighted by Crippen LogP contribution is 2.07. The van der Waals surface area contributed by atoms with Gasteiger partial charge in [0.25, 0.3) is 0 Å². The largest absolute Gasteiger partial charge is 0.476 e. The second kappa shape index (κ2) is 4.55. The van der Waals surface area contributed by atoms with Gasteiger partial charge in [0.2, 0.25) is 5.88 Å². The van der Waals surface area contributed by atoms with Crippen molar-refractivity contribution in [1.29, 1.82) is 0 Å². The molecule has 0 fully saturated rings. The van der Waals surface area contributed by atoms with E-state index >= 15 is 0 Å². The van der Waals surface area contributed by atoms with Gasteiger partial charge < -0.3 is 9.84 Å². The molecular formula is C9H12N2O3. The van der Waals surface area contributed by atoms with Crippen LogP contribution in [-0.4, -0.2) is 27.1 Å². The highest BCUT2D eigenvalue weighted by Gasteiger charge is 2.06. The van der Waals surface area contributed by atoms with E-state index < -0.39 is 5.97 Å². The first-order valence-corrected chi connectivity index (χ1v) is 4.35. The van der Waals surface area contributed by atoms with Crippen molar-refractivity contribution in [2.45, 2.75) is 26.4 Å². The van der Waals surface area contributed by atoms with Crippen LogP contribution in [0.4, 0.5) is 0 Å². The van der Waals surface area contributed by atoms with Gasteiger partial charge in [-0.3, -0.25) is 0 Å². The molecule has 0 radical (unpaired) electrons. The van der Waals surface area contributed by atoms with Gasteiger partial charge in [0.15, 0.2) is 5.69 Å². The molecule has 1 aromatic rings. The van der Waals surface area contributed by atoms with Crippen molar-refractivity contribution in [1.82, 2.24) is 9.97 Å². The molecule has 0 saturated heterocycles. The SMILES string of the molecule is CCC(C)Oc1cnc(C(=O)O)cn1. The fraction of sp³-hybridized carbons (Fsp3) is 0.444. The van der Waals surface area contributed by atoms with Crippen LogP contribution in [-0.2, 0) is 0 Å². The number of hydrogen-bond donors (Lipinski definition) is 1. The van der Waals surface area contributed by atoms with Gasteiger partial charge in [-0.2, -0.15) is 0 Å². The minimum atomic E-state index is -1.09. The lowest BCUT2D eigenvalue weighted by molar-refractivity contribution is 0.0689. The maximum atomic E-state index is 10.4. The summed E-state index contributed by atoms with van der Waals surface area (Å²) in [5.74, 6) is -0.739. The molecule has 0 aliphatic heterocycles. The Balaban J connectivity index is 2.68. The molecular weight excluding hydrogens is 184 g/mol. The molecule has 0 amide bonds. The molecule has 76 valence electrons. The molecule has 1 heterocycles. The van der Waals surface area contributed by atoms with Crippen LogP contribution in [0.3, 0.4) is 0 Å². The Morgan fingerprint density at radius 1 is 1.57 bits per heavy atom. The van der Waals surface area contributed by atoms with E-state index in [9.17, 15) is 4.79 Å². The van der Waals surface area contributed by atoms with E-state index in [1.165, 1.54) is 12.4 Å². The van der Waals surface area contributed by atoms with Crippen LogP contribution in [0.5, 0.6) is 5.88 Å². The molecule has 0 aliphatic rings. The third-order valence-electron chi connectivity index (χ3n) is 1.74. The molecule has 5 heteroatoms. The highest BCUT2D eigenvalue weighted by atomic mass is 16.5. The zero-order valence-electron chi connectivity index (χ0n) is 8.10. The summed E-state index contributed by atoms with van der Waals surface area (Å²) in [4.78, 5) is 17.9. The van der Waals surface area contributed by atoms with Gasteiger partial charge in [-0.1, -0.05) is 6.92 Å². The van der Waals surface area contributed by atoms with Crippen molar-refractivity contribution in [2.24, 2.45) is 0 Å². The summed E-state index contributed by atoms with van der Waals surface area (Å²) < 4.78 is 5.33. The maximum absolute atomic E-state index is 10.4. The van der Waals surface area contributed by atoms with Crippen LogP contribution in [0.15, 0.2) is 12.4 Å². The van der Waals surface area contributed by atoms with E-state index in [4.69, 9.17) is 9.84 Å². The first-order valence-electron chi connectivity index (χ1n) is 4.35. The van der Waals surface area contributed by atoms with Crippen molar-refractivity contribution >= 4 is 5.97 Å². The summed E-state index contributed by atoms with van der Waals surface area (Å²) in [7, 11) is 0. The zero-order valence-corrected chi connectivity index (χ0v) is 8.10. The van der Waals surface area contributed by atoms with Gasteiger partial charge in [-0.25, -0.2) is 14.8 Å². The molecule has 1 N–H and O–H groups in total. The van der Waals surface area contributed by atoms with E-state index in [1.807, 2.05) is 13.8 Å². The molecule has 0 bridgehead atoms. The number of nitrogens with zero attached hydrogens (tertiary/aromatic N) is 2. The van der Waals surface area contributed by atoms with Crippen LogP contribution < -0.4 is 4.74 Å². The number of rotatable bonds is 4. The van der Waals surface area contributed by atoms with Crippen LogP contribution in [0.25, 0.3) is 0 Å². The van der Waals surface area contributed by atoms with Gasteiger partial charge in [0.1, 0.15) is 0 Å². The van der Waals surface area contributed by atoms with Crippen molar-refractivity contribution in [2.75, 3.05) is 0 Å². The molecule has 0 saturated carbocycles. The number of carbonyl (C=O) groups is 1. The second-order valence-electron chi connectivity index (χ2n) is 2.88. The topological polar surface area (TPSA) is 72.3 Å². The van der Waals surface area contributed by atoms with Crippen LogP contribution in [0, 0.1) is 0 Å². The van der Waals surface area contributed by atoms with Crippen LogP contribution in [0.1, 0.15) is 30.8 Å². The summed E-state index contributed by atoms with van der Waals surface area (Å²) in [6.45, 7) is 3.90. The van der Waals surface area contributed by atoms with Gasteiger partial charge >= 0.3 is 5.97 Å². The van der Waals surface area contributed by atoms with Gasteiger partial charge in [-0.15, -0.1) is 0 Å². The van der Waals surface area contributed by atoms with Gasteiger partial charge in [-0.05, 0) is 13.3 Å². The fourth-order valence-corrected chi connectivity index (χ4v) is 0.777. The van der Waals surface area contributed by atoms with Gasteiger partial charge in [0, 0.05) is 0 Å². The summed E-state index contributed by atoms with van der Waals surface area (Å²) in [5.41, 5.74) is -0.0819. The number of carboxylic acids is 1. The predicted octanol–water partition coefficient (Wildman–Crippen LogP) is 1.35. The lowest BCUT2D eigenvalue weighted by Gasteiger charge is -2.10. The molecule has 5 nitrogen and oxygen atoms in total. The first kappa shape index (κ1) is 10.4. The Bertz CT molecular complexity index is 310. The number of hydrogen-bond acceptors (Lipinski definition) is 4. The number of carboxylic acid groups (broad SMARTS) is 1. The summed E-state index contributed by atoms with van der Waals surface area (Å²) >= 11 is 0. The van der Waals surface area contributed by atoms with E-state index in [-0.39, 0.29) is 11.8 Å². The Kier molecular flexibility index (Phi) is 3.39. The van der Waals surface area contributed by atoms with Crippen molar-refractivity contribution in [3.63, 3.8) is 0 Å². The average molecular weight is 196 g/mol. The second-order valence-corrected chi connectivity index (χ2v) is 2.88. The Hall–Kier alpha value is -1.65. The number of ether oxygens (including phenoxy) is 1. The molecule has 1 aromatic heterocycles. The Morgan fingerprint density at radius 3 is 2.71 bits per heavy atom. The third kappa shape index (κ3) is 2.69. The molecule has 0 aliphatic carbocycles. The molecule has 1 unspecified atom stereocenters. The lowest BCUT2D eigenvalue weighted by Crippen LogP contribution is -2.11. The standard InChI is InChI=1S/C9H12N2O3/c1-3-6(2)14-8-5-10-7(4-11-8)9(12)13/h4-6H,3H2,1-2H3,(H,12,13). The maximum Gasteiger partial charge on any atom is 0.356 e. The van der Waals surface area contributed by atoms with E-state index in [0.717, 1.165) is 6.42 Å². The summed E-state index contributed by atoms with van der Waals surface area (Å²) in [5, 5.41) is 8.56. The predicted molar refractivity (Wildman–Crippen MR) is 49.4 cm³/mol. The monoisotopic (exact) mass is 196 g/mol. The van der Waals surface area contributed by atoms with Crippen molar-refractivity contribution < 1.29 is 14.6 Å². The zero-order chi connectivity index (χ0) is 10.6. The smallest absolute Gasteiger partial charge is 0.356 e. The minimum absolute atomic E-state index is 0.0555. The molecule has 1 rings (SSSR count). The number of aromatic carboxylic acids is 1. The van der Waals surface area contributed by atoms with Gasteiger partial charge in [0.05, 0.1) is 18.5 Å². The van der Waals surface area contributed by atoms with E-state index in [1.54, 1.807) is 0 Å². The summed E-state index contributed by atoms with van der Waals surface area (Å²) in [6.07, 6.45) is 3.41. The number of aromatic nitrogens is 2. The average Bonchev–Trinajstić information content (AvgIpc) is 2.18. The van der Waals surface area contributed by atoms with Crippen molar-refractivity contribution in [3.8, 4) is 5.88 Å².